The summed E-state index contributed by atoms with van der Waals surface area (Å²) in [6.07, 6.45) is 2.50. The first kappa shape index (κ1) is 26.8. The molecule has 2 aromatic carbocycles. The molecule has 0 saturated heterocycles. The summed E-state index contributed by atoms with van der Waals surface area (Å²) in [5, 5.41) is 2.11. The first-order valence-electron chi connectivity index (χ1n) is 13.2. The fourth-order valence-electron chi connectivity index (χ4n) is 5.07. The number of benzene rings is 3. The van der Waals surface area contributed by atoms with Crippen molar-refractivity contribution in [2.45, 2.75) is 34.1 Å². The van der Waals surface area contributed by atoms with Crippen molar-refractivity contribution >= 4 is 39.9 Å². The van der Waals surface area contributed by atoms with Gasteiger partial charge < -0.3 is 15.1 Å². The Labute approximate surface area is 224 Å². The summed E-state index contributed by atoms with van der Waals surface area (Å²) in [5.41, 5.74) is 12.3. The normalized spacial score (nSPS) is 11.3. The van der Waals surface area contributed by atoms with E-state index in [2.05, 4.69) is 73.6 Å². The lowest BCUT2D eigenvalue weighted by molar-refractivity contribution is 0.0990. The van der Waals surface area contributed by atoms with Crippen LogP contribution in [0.4, 0.5) is 11.4 Å². The minimum Gasteiger partial charge on any atom is -0.456 e. The van der Waals surface area contributed by atoms with Gasteiger partial charge in [0.15, 0.2) is 5.78 Å². The van der Waals surface area contributed by atoms with E-state index >= 15 is 0 Å². The van der Waals surface area contributed by atoms with Crippen molar-refractivity contribution in [3.8, 4) is 22.5 Å². The van der Waals surface area contributed by atoms with Crippen LogP contribution in [-0.4, -0.2) is 44.0 Å². The predicted molar refractivity (Wildman–Crippen MR) is 160 cm³/mol. The zero-order valence-corrected chi connectivity index (χ0v) is 23.5. The minimum absolute atomic E-state index is 0.110. The Morgan fingerprint density at radius 2 is 1.68 bits per heavy atom. The summed E-state index contributed by atoms with van der Waals surface area (Å²) in [7, 11) is 0. The van der Waals surface area contributed by atoms with Crippen LogP contribution in [0, 0.1) is 0 Å². The van der Waals surface area contributed by atoms with Gasteiger partial charge in [0.05, 0.1) is 6.07 Å². The molecule has 5 nitrogen and oxygen atoms in total. The molecule has 1 heterocycles. The maximum atomic E-state index is 13.4. The number of anilines is 2. The molecule has 1 aliphatic carbocycles. The Balaban J connectivity index is 2.09. The second-order valence-corrected chi connectivity index (χ2v) is 10.1. The van der Waals surface area contributed by atoms with Crippen LogP contribution >= 0.6 is 11.8 Å². The number of nitrogens with two attached hydrogens (primary N) is 1. The van der Waals surface area contributed by atoms with Crippen molar-refractivity contribution in [1.82, 2.24) is 4.58 Å². The molecule has 1 aliphatic heterocycles. The number of Topliss-reactive ketones (excluding diaryl/α,β-unsaturated/α-hetero) is 1. The van der Waals surface area contributed by atoms with Gasteiger partial charge >= 0.3 is 0 Å². The smallest absolute Gasteiger partial charge is 0.203 e. The Morgan fingerprint density at radius 3 is 2.35 bits per heavy atom. The lowest BCUT2D eigenvalue weighted by Crippen LogP contribution is -2.29. The molecule has 2 aromatic rings. The van der Waals surface area contributed by atoms with E-state index in [0.29, 0.717) is 17.7 Å². The Bertz CT molecular complexity index is 1450. The number of fused-ring (bicyclic) bond motifs is 2. The summed E-state index contributed by atoms with van der Waals surface area (Å²) in [5.74, 6) is 1.69. The van der Waals surface area contributed by atoms with E-state index in [9.17, 15) is 4.79 Å². The Morgan fingerprint density at radius 1 is 0.946 bits per heavy atom. The highest BCUT2D eigenvalue weighted by atomic mass is 32.2. The summed E-state index contributed by atoms with van der Waals surface area (Å²) in [6, 6.07) is 18.5. The number of carbonyl (C=O) groups is 1. The SMILES string of the molecule is CCN(CC)c1ccc2c(-c3ccc(N)cc3C(=O)CCSC)c3ccc(=[N+](CC)CC)cc-3oc2c1. The first-order valence-corrected chi connectivity index (χ1v) is 14.6. The zero-order chi connectivity index (χ0) is 26.5. The fourth-order valence-corrected chi connectivity index (χ4v) is 5.46. The topological polar surface area (TPSA) is 62.5 Å². The molecule has 0 saturated carbocycles. The van der Waals surface area contributed by atoms with Gasteiger partial charge in [0.1, 0.15) is 24.4 Å². The maximum Gasteiger partial charge on any atom is 0.203 e. The quantitative estimate of drug-likeness (QED) is 0.115. The number of nitrogen functional groups attached to an aromatic ring is 1. The van der Waals surface area contributed by atoms with Gasteiger partial charge in [0.2, 0.25) is 5.36 Å². The number of hydrogen-bond donors (Lipinski definition) is 1. The predicted octanol–water partition coefficient (Wildman–Crippen LogP) is 6.38. The molecule has 4 rings (SSSR count). The Hall–Kier alpha value is -3.25. The highest BCUT2D eigenvalue weighted by Gasteiger charge is 2.23. The molecule has 0 radical (unpaired) electrons. The number of rotatable bonds is 10. The van der Waals surface area contributed by atoms with E-state index < -0.39 is 0 Å². The molecule has 0 bridgehead atoms. The van der Waals surface area contributed by atoms with Crippen molar-refractivity contribution in [2.75, 3.05) is 48.8 Å². The zero-order valence-electron chi connectivity index (χ0n) is 22.6. The fraction of sp³-hybridized carbons (Fsp3) is 0.355. The van der Waals surface area contributed by atoms with E-state index in [4.69, 9.17) is 10.2 Å². The highest BCUT2D eigenvalue weighted by Crippen LogP contribution is 2.42. The van der Waals surface area contributed by atoms with Crippen molar-refractivity contribution in [3.05, 3.63) is 65.5 Å². The molecule has 0 atom stereocenters. The van der Waals surface area contributed by atoms with Crippen LogP contribution in [0.5, 0.6) is 0 Å². The maximum absolute atomic E-state index is 13.4. The highest BCUT2D eigenvalue weighted by molar-refractivity contribution is 7.98. The molecule has 0 amide bonds. The van der Waals surface area contributed by atoms with Gasteiger partial charge in [0, 0.05) is 70.8 Å². The average Bonchev–Trinajstić information content (AvgIpc) is 2.91. The lowest BCUT2D eigenvalue weighted by Gasteiger charge is -2.23. The van der Waals surface area contributed by atoms with E-state index in [0.717, 1.165) is 76.4 Å². The van der Waals surface area contributed by atoms with Crippen LogP contribution in [0.3, 0.4) is 0 Å². The third-order valence-electron chi connectivity index (χ3n) is 7.09. The number of ketones is 1. The summed E-state index contributed by atoms with van der Waals surface area (Å²) in [4.78, 5) is 15.7. The number of hydrogen-bond acceptors (Lipinski definition) is 5. The molecule has 0 unspecified atom stereocenters. The molecule has 2 aliphatic rings. The van der Waals surface area contributed by atoms with Gasteiger partial charge in [-0.2, -0.15) is 11.8 Å². The van der Waals surface area contributed by atoms with Crippen molar-refractivity contribution < 1.29 is 9.21 Å². The molecule has 0 aromatic heterocycles. The molecule has 6 heteroatoms. The van der Waals surface area contributed by atoms with Gasteiger partial charge in [-0.3, -0.25) is 4.79 Å². The van der Waals surface area contributed by atoms with Crippen molar-refractivity contribution in [3.63, 3.8) is 0 Å². The minimum atomic E-state index is 0.110. The number of thioether (sulfide) groups is 1. The van der Waals surface area contributed by atoms with Gasteiger partial charge in [-0.25, -0.2) is 4.58 Å². The standard InChI is InChI=1S/C31H37N3O2S/c1-6-33(7-2)22-11-14-25-29(19-22)36-30-20-23(34(8-3)9-4)12-15-26(30)31(25)24-13-10-21(32)18-27(24)28(35)16-17-37-5/h10-15,18-20,32H,6-9,16-17H2,1-5H3/p+1. The molecular weight excluding hydrogens is 478 g/mol. The summed E-state index contributed by atoms with van der Waals surface area (Å²) < 4.78 is 8.90. The average molecular weight is 517 g/mol. The van der Waals surface area contributed by atoms with Gasteiger partial charge in [-0.05, 0) is 69.8 Å². The second-order valence-electron chi connectivity index (χ2n) is 9.15. The third-order valence-corrected chi connectivity index (χ3v) is 7.71. The molecule has 0 fully saturated rings. The van der Waals surface area contributed by atoms with Crippen LogP contribution < -0.4 is 20.6 Å². The number of carbonyl (C=O) groups excluding carboxylic acids is 1. The van der Waals surface area contributed by atoms with Crippen molar-refractivity contribution in [1.29, 1.82) is 0 Å². The van der Waals surface area contributed by atoms with Gasteiger partial charge in [-0.1, -0.05) is 6.07 Å². The Kier molecular flexibility index (Phi) is 8.59. The molecule has 2 N–H and O–H groups in total. The van der Waals surface area contributed by atoms with Crippen molar-refractivity contribution in [2.24, 2.45) is 0 Å². The van der Waals surface area contributed by atoms with Crippen LogP contribution in [0.15, 0.2) is 59.0 Å². The molecular formula is C31H38N3O2S+. The lowest BCUT2D eigenvalue weighted by atomic mass is 9.88. The summed E-state index contributed by atoms with van der Waals surface area (Å²) >= 11 is 1.68. The first-order chi connectivity index (χ1) is 17.9. The summed E-state index contributed by atoms with van der Waals surface area (Å²) in [6.45, 7) is 12.3. The van der Waals surface area contributed by atoms with E-state index in [1.165, 1.54) is 0 Å². The van der Waals surface area contributed by atoms with Gasteiger partial charge in [0.25, 0.3) is 0 Å². The van der Waals surface area contributed by atoms with Crippen LogP contribution in [0.25, 0.3) is 33.4 Å². The second kappa shape index (κ2) is 11.9. The van der Waals surface area contributed by atoms with Crippen LogP contribution in [0.2, 0.25) is 0 Å². The van der Waals surface area contributed by atoms with E-state index in [1.807, 2.05) is 24.5 Å². The molecule has 194 valence electrons. The van der Waals surface area contributed by atoms with Crippen LogP contribution in [-0.2, 0) is 0 Å². The van der Waals surface area contributed by atoms with Crippen LogP contribution in [0.1, 0.15) is 44.5 Å². The van der Waals surface area contributed by atoms with E-state index in [-0.39, 0.29) is 5.78 Å². The number of nitrogens with zero attached hydrogens (tertiary/aromatic N) is 2. The molecule has 0 spiro atoms. The van der Waals surface area contributed by atoms with Gasteiger partial charge in [-0.15, -0.1) is 0 Å². The van der Waals surface area contributed by atoms with E-state index in [1.54, 1.807) is 11.8 Å². The monoisotopic (exact) mass is 516 g/mol. The molecule has 37 heavy (non-hydrogen) atoms. The third kappa shape index (κ3) is 5.40. The largest absolute Gasteiger partial charge is 0.456 e.